The van der Waals surface area contributed by atoms with Crippen LogP contribution >= 0.6 is 0 Å². The summed E-state index contributed by atoms with van der Waals surface area (Å²) in [5.74, 6) is 0.331. The first-order chi connectivity index (χ1) is 19.8. The fraction of sp³-hybridized carbons (Fsp3) is 0.219. The molecule has 9 nitrogen and oxygen atoms in total. The van der Waals surface area contributed by atoms with Crippen molar-refractivity contribution >= 4 is 22.8 Å². The average molecular weight is 546 g/mol. The van der Waals surface area contributed by atoms with Gasteiger partial charge in [0.15, 0.2) is 0 Å². The lowest BCUT2D eigenvalue weighted by Crippen LogP contribution is -2.57. The predicted octanol–water partition coefficient (Wildman–Crippen LogP) is 5.96. The van der Waals surface area contributed by atoms with Gasteiger partial charge in [0.2, 0.25) is 11.9 Å². The van der Waals surface area contributed by atoms with Crippen LogP contribution in [-0.4, -0.2) is 32.9 Å². The van der Waals surface area contributed by atoms with E-state index in [-0.39, 0.29) is 29.1 Å². The van der Waals surface area contributed by atoms with Gasteiger partial charge < -0.3 is 9.72 Å². The van der Waals surface area contributed by atoms with Gasteiger partial charge in [0.1, 0.15) is 5.75 Å². The third-order valence-corrected chi connectivity index (χ3v) is 8.77. The first kappa shape index (κ1) is 25.0. The molecule has 0 aliphatic heterocycles. The molecule has 204 valence electrons. The first-order valence-corrected chi connectivity index (χ1v) is 13.4. The summed E-state index contributed by atoms with van der Waals surface area (Å²) in [5, 5.41) is 16.8. The molecule has 1 atom stereocenters. The minimum Gasteiger partial charge on any atom is -0.497 e. The molecule has 2 bridgehead atoms. The highest BCUT2D eigenvalue weighted by atomic mass is 16.6. The van der Waals surface area contributed by atoms with Crippen molar-refractivity contribution in [2.75, 3.05) is 12.4 Å². The van der Waals surface area contributed by atoms with Gasteiger partial charge in [-0.2, -0.15) is 0 Å². The van der Waals surface area contributed by atoms with Gasteiger partial charge in [0.25, 0.3) is 5.54 Å². The van der Waals surface area contributed by atoms with Crippen molar-refractivity contribution in [3.8, 4) is 17.0 Å². The number of carbonyl (C=O) groups is 1. The number of benzene rings is 3. The van der Waals surface area contributed by atoms with Gasteiger partial charge in [-0.3, -0.25) is 25.2 Å². The van der Waals surface area contributed by atoms with E-state index in [2.05, 4.69) is 20.3 Å². The minimum absolute atomic E-state index is 0.0428. The maximum atomic E-state index is 14.1. The average Bonchev–Trinajstić information content (AvgIpc) is 3.44. The molecule has 3 aromatic carbocycles. The van der Waals surface area contributed by atoms with Crippen LogP contribution in [0.3, 0.4) is 0 Å². The van der Waals surface area contributed by atoms with Crippen molar-refractivity contribution in [3.63, 3.8) is 0 Å². The highest BCUT2D eigenvalue weighted by molar-refractivity contribution is 5.98. The van der Waals surface area contributed by atoms with E-state index in [1.54, 1.807) is 13.3 Å². The zero-order valence-electron chi connectivity index (χ0n) is 22.8. The van der Waals surface area contributed by atoms with Crippen molar-refractivity contribution < 1.29 is 14.5 Å². The van der Waals surface area contributed by atoms with Crippen molar-refractivity contribution in [1.82, 2.24) is 15.0 Å². The van der Waals surface area contributed by atoms with Crippen molar-refractivity contribution in [2.24, 2.45) is 5.41 Å². The van der Waals surface area contributed by atoms with Crippen LogP contribution in [0.25, 0.3) is 22.2 Å². The van der Waals surface area contributed by atoms with E-state index in [0.717, 1.165) is 33.3 Å². The number of hydrogen-bond acceptors (Lipinski definition) is 6. The number of methoxy groups -OCH3 is 1. The summed E-state index contributed by atoms with van der Waals surface area (Å²) in [6, 6.07) is 22.6. The largest absolute Gasteiger partial charge is 0.497 e. The maximum Gasteiger partial charge on any atom is 0.273 e. The Balaban J connectivity index is 1.28. The topological polar surface area (TPSA) is 123 Å². The molecule has 1 amide bonds. The van der Waals surface area contributed by atoms with E-state index in [1.807, 2.05) is 86.6 Å². The Morgan fingerprint density at radius 2 is 1.76 bits per heavy atom. The van der Waals surface area contributed by atoms with Crippen LogP contribution < -0.4 is 10.1 Å². The number of H-pyrrole nitrogens is 1. The van der Waals surface area contributed by atoms with E-state index in [0.29, 0.717) is 22.6 Å². The molecule has 2 aromatic heterocycles. The molecule has 3 aliphatic rings. The highest BCUT2D eigenvalue weighted by Gasteiger charge is 2.67. The third-order valence-electron chi connectivity index (χ3n) is 8.77. The zero-order valence-corrected chi connectivity index (χ0v) is 22.8. The Kier molecular flexibility index (Phi) is 5.31. The molecule has 8 rings (SSSR count). The van der Waals surface area contributed by atoms with Gasteiger partial charge >= 0.3 is 0 Å². The number of ether oxygens (including phenoxy) is 1. The Labute approximate surface area is 235 Å². The Morgan fingerprint density at radius 3 is 2.41 bits per heavy atom. The van der Waals surface area contributed by atoms with Crippen molar-refractivity contribution in [2.45, 2.75) is 31.7 Å². The van der Waals surface area contributed by atoms with Crippen LogP contribution in [-0.2, 0) is 10.3 Å². The number of nitrogens with zero attached hydrogens (tertiary/aromatic N) is 3. The third kappa shape index (κ3) is 3.45. The van der Waals surface area contributed by atoms with Gasteiger partial charge in [-0.1, -0.05) is 48.5 Å². The van der Waals surface area contributed by atoms with E-state index in [1.165, 1.54) is 0 Å². The number of anilines is 1. The number of imidazole rings is 1. The van der Waals surface area contributed by atoms with E-state index < -0.39 is 11.0 Å². The smallest absolute Gasteiger partial charge is 0.273 e. The maximum absolute atomic E-state index is 14.1. The van der Waals surface area contributed by atoms with Crippen LogP contribution in [0.1, 0.15) is 47.2 Å². The van der Waals surface area contributed by atoms with Crippen LogP contribution in [0.4, 0.5) is 5.95 Å². The summed E-state index contributed by atoms with van der Waals surface area (Å²) in [7, 11) is 1.62. The van der Waals surface area contributed by atoms with Gasteiger partial charge in [-0.05, 0) is 43.2 Å². The van der Waals surface area contributed by atoms with Crippen LogP contribution in [0.5, 0.6) is 5.75 Å². The molecule has 2 N–H and O–H groups in total. The van der Waals surface area contributed by atoms with Crippen molar-refractivity contribution in [1.29, 1.82) is 0 Å². The lowest BCUT2D eigenvalue weighted by atomic mass is 9.49. The number of aromatic amines is 1. The minimum atomic E-state index is -1.52. The molecule has 2 heterocycles. The Bertz CT molecular complexity index is 1850. The van der Waals surface area contributed by atoms with E-state index in [9.17, 15) is 14.9 Å². The van der Waals surface area contributed by atoms with Crippen molar-refractivity contribution in [3.05, 3.63) is 117 Å². The fourth-order valence-electron chi connectivity index (χ4n) is 7.01. The number of aromatic nitrogens is 3. The molecule has 0 saturated carbocycles. The predicted molar refractivity (Wildman–Crippen MR) is 154 cm³/mol. The van der Waals surface area contributed by atoms with Gasteiger partial charge in [0.05, 0.1) is 29.9 Å². The SMILES string of the molecule is COc1ccc2c(-c3cnc(NC(=O)C4(C)CC5([N+](=O)[O-])c6ccccc6C4c4ccccc45)[nH]3)cc(C)nc2c1. The Morgan fingerprint density at radius 1 is 1.07 bits per heavy atom. The zero-order chi connectivity index (χ0) is 28.5. The Hall–Kier alpha value is -5.05. The molecule has 41 heavy (non-hydrogen) atoms. The molecule has 5 aromatic rings. The summed E-state index contributed by atoms with van der Waals surface area (Å²) in [6.45, 7) is 3.75. The highest BCUT2D eigenvalue weighted by Crippen LogP contribution is 2.64. The number of fused-ring (bicyclic) bond motifs is 2. The molecule has 0 spiro atoms. The van der Waals surface area contributed by atoms with Gasteiger partial charge in [0, 0.05) is 51.1 Å². The van der Waals surface area contributed by atoms with Crippen LogP contribution in [0.2, 0.25) is 0 Å². The van der Waals surface area contributed by atoms with E-state index in [4.69, 9.17) is 4.74 Å². The molecule has 0 radical (unpaired) electrons. The van der Waals surface area contributed by atoms with Gasteiger partial charge in [-0.25, -0.2) is 4.98 Å². The number of nitrogens with one attached hydrogen (secondary N) is 2. The second kappa shape index (κ2) is 8.72. The lowest BCUT2D eigenvalue weighted by Gasteiger charge is -2.52. The number of hydrogen-bond donors (Lipinski definition) is 2. The molecule has 9 heteroatoms. The summed E-state index contributed by atoms with van der Waals surface area (Å²) in [4.78, 5) is 39.2. The molecule has 1 unspecified atom stereocenters. The van der Waals surface area contributed by atoms with Crippen LogP contribution in [0.15, 0.2) is 79.0 Å². The number of nitro groups is 1. The molecule has 0 saturated heterocycles. The van der Waals surface area contributed by atoms with Crippen LogP contribution in [0, 0.1) is 22.5 Å². The monoisotopic (exact) mass is 545 g/mol. The molecule has 0 fully saturated rings. The van der Waals surface area contributed by atoms with Gasteiger partial charge in [-0.15, -0.1) is 0 Å². The second-order valence-electron chi connectivity index (χ2n) is 11.1. The summed E-state index contributed by atoms with van der Waals surface area (Å²) in [5.41, 5.74) is 3.57. The van der Waals surface area contributed by atoms with E-state index >= 15 is 0 Å². The lowest BCUT2D eigenvalue weighted by molar-refractivity contribution is -0.573. The number of pyridine rings is 1. The second-order valence-corrected chi connectivity index (χ2v) is 11.1. The molecular formula is C32H27N5O4. The molecule has 3 aliphatic carbocycles. The summed E-state index contributed by atoms with van der Waals surface area (Å²) >= 11 is 0. The molecular weight excluding hydrogens is 518 g/mol. The summed E-state index contributed by atoms with van der Waals surface area (Å²) < 4.78 is 5.36. The number of carbonyl (C=O) groups excluding carboxylic acids is 1. The first-order valence-electron chi connectivity index (χ1n) is 13.4. The number of amides is 1. The quantitative estimate of drug-likeness (QED) is 0.208. The number of rotatable bonds is 5. The standard InChI is InChI=1S/C32H27N5O4/c1-18-14-23(20-13-12-19(41-3)15-26(20)34-18)27-16-33-30(35-27)36-29(38)31(2)17-32(37(39)40)24-10-6-4-8-21(24)28(31)22-9-5-7-11-25(22)32/h4-16,28H,17H2,1-3H3,(H2,33,35,36,38). The number of aryl methyl sites for hydroxylation is 1. The summed E-state index contributed by atoms with van der Waals surface area (Å²) in [6.07, 6.45) is 1.72. The fourth-order valence-corrected chi connectivity index (χ4v) is 7.01. The normalized spacial score (nSPS) is 22.2.